The Labute approximate surface area is 108 Å². The molecule has 0 aliphatic heterocycles. The highest BCUT2D eigenvalue weighted by Crippen LogP contribution is 2.25. The standard InChI is InChI=1S/C12H23N3O3/c1-4-15(9-5-6-9)8-7-13-11(18)14-12(2,3)10(16)17/h9H,4-8H2,1-3H3,(H,16,17)(H2,13,14,18). The lowest BCUT2D eigenvalue weighted by Gasteiger charge is -2.23. The number of likely N-dealkylation sites (N-methyl/N-ethyl adjacent to an activating group) is 1. The van der Waals surface area contributed by atoms with Gasteiger partial charge in [-0.25, -0.2) is 9.59 Å². The van der Waals surface area contributed by atoms with Crippen molar-refractivity contribution < 1.29 is 14.7 Å². The van der Waals surface area contributed by atoms with Crippen LogP contribution < -0.4 is 10.6 Å². The van der Waals surface area contributed by atoms with Gasteiger partial charge in [-0.2, -0.15) is 0 Å². The molecule has 1 fully saturated rings. The van der Waals surface area contributed by atoms with E-state index in [1.165, 1.54) is 26.7 Å². The number of carboxylic acids is 1. The highest BCUT2D eigenvalue weighted by Gasteiger charge is 2.29. The van der Waals surface area contributed by atoms with Crippen LogP contribution in [0.2, 0.25) is 0 Å². The summed E-state index contributed by atoms with van der Waals surface area (Å²) in [6.07, 6.45) is 2.48. The van der Waals surface area contributed by atoms with Gasteiger partial charge in [0.25, 0.3) is 0 Å². The van der Waals surface area contributed by atoms with E-state index in [9.17, 15) is 9.59 Å². The zero-order valence-electron chi connectivity index (χ0n) is 11.3. The molecule has 1 rings (SSSR count). The van der Waals surface area contributed by atoms with E-state index in [0.717, 1.165) is 13.1 Å². The van der Waals surface area contributed by atoms with Gasteiger partial charge in [-0.1, -0.05) is 6.92 Å². The summed E-state index contributed by atoms with van der Waals surface area (Å²) in [4.78, 5) is 24.7. The third-order valence-electron chi connectivity index (χ3n) is 3.11. The van der Waals surface area contributed by atoms with Crippen LogP contribution in [-0.2, 0) is 4.79 Å². The third-order valence-corrected chi connectivity index (χ3v) is 3.11. The average Bonchev–Trinajstić information content (AvgIpc) is 3.07. The minimum absolute atomic E-state index is 0.436. The Morgan fingerprint density at radius 2 is 2.00 bits per heavy atom. The molecule has 6 heteroatoms. The van der Waals surface area contributed by atoms with Crippen molar-refractivity contribution in [3.63, 3.8) is 0 Å². The summed E-state index contributed by atoms with van der Waals surface area (Å²) in [6.45, 7) is 7.34. The molecule has 1 aliphatic carbocycles. The maximum atomic E-state index is 11.5. The van der Waals surface area contributed by atoms with Crippen LogP contribution in [0.1, 0.15) is 33.6 Å². The van der Waals surface area contributed by atoms with Crippen molar-refractivity contribution in [2.45, 2.75) is 45.2 Å². The molecule has 0 atom stereocenters. The van der Waals surface area contributed by atoms with Crippen molar-refractivity contribution in [2.75, 3.05) is 19.6 Å². The first kappa shape index (κ1) is 14.8. The first-order valence-corrected chi connectivity index (χ1v) is 6.40. The van der Waals surface area contributed by atoms with Crippen LogP contribution in [0, 0.1) is 0 Å². The fraction of sp³-hybridized carbons (Fsp3) is 0.833. The van der Waals surface area contributed by atoms with Crippen LogP contribution in [0.5, 0.6) is 0 Å². The molecule has 0 aromatic carbocycles. The summed E-state index contributed by atoms with van der Waals surface area (Å²) < 4.78 is 0. The Morgan fingerprint density at radius 1 is 1.39 bits per heavy atom. The molecule has 3 N–H and O–H groups in total. The van der Waals surface area contributed by atoms with Gasteiger partial charge in [-0.3, -0.25) is 4.90 Å². The molecule has 0 unspecified atom stereocenters. The van der Waals surface area contributed by atoms with Crippen molar-refractivity contribution in [3.8, 4) is 0 Å². The molecule has 1 aliphatic rings. The number of carbonyl (C=O) groups excluding carboxylic acids is 1. The van der Waals surface area contributed by atoms with Gasteiger partial charge in [-0.15, -0.1) is 0 Å². The van der Waals surface area contributed by atoms with Gasteiger partial charge in [0, 0.05) is 19.1 Å². The largest absolute Gasteiger partial charge is 0.480 e. The van der Waals surface area contributed by atoms with Gasteiger partial charge >= 0.3 is 12.0 Å². The van der Waals surface area contributed by atoms with Crippen molar-refractivity contribution in [1.82, 2.24) is 15.5 Å². The van der Waals surface area contributed by atoms with Gasteiger partial charge in [0.2, 0.25) is 0 Å². The zero-order chi connectivity index (χ0) is 13.8. The molecule has 18 heavy (non-hydrogen) atoms. The van der Waals surface area contributed by atoms with E-state index in [0.29, 0.717) is 12.6 Å². The van der Waals surface area contributed by atoms with Crippen LogP contribution in [0.4, 0.5) is 4.79 Å². The van der Waals surface area contributed by atoms with Crippen LogP contribution in [0.3, 0.4) is 0 Å². The molecule has 0 saturated heterocycles. The van der Waals surface area contributed by atoms with E-state index in [-0.39, 0.29) is 0 Å². The fourth-order valence-electron chi connectivity index (χ4n) is 1.73. The van der Waals surface area contributed by atoms with Gasteiger partial charge in [0.15, 0.2) is 0 Å². The summed E-state index contributed by atoms with van der Waals surface area (Å²) in [6, 6.07) is 0.240. The second-order valence-corrected chi connectivity index (χ2v) is 5.17. The summed E-state index contributed by atoms with van der Waals surface area (Å²) in [7, 11) is 0. The lowest BCUT2D eigenvalue weighted by molar-refractivity contribution is -0.142. The first-order chi connectivity index (χ1) is 8.36. The maximum absolute atomic E-state index is 11.5. The number of aliphatic carboxylic acids is 1. The number of rotatable bonds is 7. The summed E-state index contributed by atoms with van der Waals surface area (Å²) in [5.74, 6) is -1.05. The number of nitrogens with zero attached hydrogens (tertiary/aromatic N) is 1. The predicted octanol–water partition coefficient (Wildman–Crippen LogP) is 0.633. The van der Waals surface area contributed by atoms with Crippen molar-refractivity contribution >= 4 is 12.0 Å². The molecular weight excluding hydrogens is 234 g/mol. The van der Waals surface area contributed by atoms with Crippen LogP contribution in [-0.4, -0.2) is 53.2 Å². The van der Waals surface area contributed by atoms with Crippen LogP contribution in [0.25, 0.3) is 0 Å². The number of carbonyl (C=O) groups is 2. The summed E-state index contributed by atoms with van der Waals surface area (Å²) in [5.41, 5.74) is -1.25. The molecule has 0 bridgehead atoms. The van der Waals surface area contributed by atoms with Gasteiger partial charge in [-0.05, 0) is 33.2 Å². The highest BCUT2D eigenvalue weighted by molar-refractivity contribution is 5.85. The molecule has 0 aromatic heterocycles. The Morgan fingerprint density at radius 3 is 2.44 bits per heavy atom. The van der Waals surface area contributed by atoms with Gasteiger partial charge < -0.3 is 15.7 Å². The molecular formula is C12H23N3O3. The summed E-state index contributed by atoms with van der Waals surface area (Å²) in [5, 5.41) is 14.0. The molecule has 6 nitrogen and oxygen atoms in total. The normalized spacial score (nSPS) is 15.6. The number of hydrogen-bond donors (Lipinski definition) is 3. The molecule has 0 spiro atoms. The van der Waals surface area contributed by atoms with E-state index in [1.54, 1.807) is 0 Å². The van der Waals surface area contributed by atoms with Crippen molar-refractivity contribution in [3.05, 3.63) is 0 Å². The van der Waals surface area contributed by atoms with E-state index < -0.39 is 17.5 Å². The number of hydrogen-bond acceptors (Lipinski definition) is 3. The smallest absolute Gasteiger partial charge is 0.328 e. The van der Waals surface area contributed by atoms with E-state index in [1.807, 2.05) is 0 Å². The van der Waals surface area contributed by atoms with Crippen LogP contribution >= 0.6 is 0 Å². The number of carboxylic acid groups (broad SMARTS) is 1. The maximum Gasteiger partial charge on any atom is 0.328 e. The molecule has 0 heterocycles. The molecule has 0 aromatic rings. The van der Waals surface area contributed by atoms with Crippen molar-refractivity contribution in [1.29, 1.82) is 0 Å². The minimum atomic E-state index is -1.25. The first-order valence-electron chi connectivity index (χ1n) is 6.40. The Bertz CT molecular complexity index is 314. The molecule has 1 saturated carbocycles. The predicted molar refractivity (Wildman–Crippen MR) is 68.5 cm³/mol. The number of nitrogens with one attached hydrogen (secondary N) is 2. The lowest BCUT2D eigenvalue weighted by atomic mass is 10.1. The zero-order valence-corrected chi connectivity index (χ0v) is 11.3. The SMILES string of the molecule is CCN(CCNC(=O)NC(C)(C)C(=O)O)C1CC1. The van der Waals surface area contributed by atoms with E-state index >= 15 is 0 Å². The fourth-order valence-corrected chi connectivity index (χ4v) is 1.73. The van der Waals surface area contributed by atoms with E-state index in [4.69, 9.17) is 5.11 Å². The third kappa shape index (κ3) is 4.52. The van der Waals surface area contributed by atoms with Crippen LogP contribution in [0.15, 0.2) is 0 Å². The molecule has 104 valence electrons. The topological polar surface area (TPSA) is 81.7 Å². The minimum Gasteiger partial charge on any atom is -0.480 e. The second-order valence-electron chi connectivity index (χ2n) is 5.17. The van der Waals surface area contributed by atoms with Crippen molar-refractivity contribution in [2.24, 2.45) is 0 Å². The monoisotopic (exact) mass is 257 g/mol. The number of amides is 2. The van der Waals surface area contributed by atoms with Gasteiger partial charge in [0.05, 0.1) is 0 Å². The quantitative estimate of drug-likeness (QED) is 0.625. The van der Waals surface area contributed by atoms with Gasteiger partial charge in [0.1, 0.15) is 5.54 Å². The highest BCUT2D eigenvalue weighted by atomic mass is 16.4. The number of urea groups is 1. The average molecular weight is 257 g/mol. The summed E-state index contributed by atoms with van der Waals surface area (Å²) >= 11 is 0. The lowest BCUT2D eigenvalue weighted by Crippen LogP contribution is -2.53. The second kappa shape index (κ2) is 6.04. The Kier molecular flexibility index (Phi) is 4.95. The Hall–Kier alpha value is -1.30. The van der Waals surface area contributed by atoms with E-state index in [2.05, 4.69) is 22.5 Å². The Balaban J connectivity index is 2.22. The molecule has 2 amide bonds. The molecule has 0 radical (unpaired) electrons.